The van der Waals surface area contributed by atoms with Gasteiger partial charge in [0.15, 0.2) is 0 Å². The molecule has 4 saturated carbocycles. The van der Waals surface area contributed by atoms with E-state index in [1.54, 1.807) is 24.3 Å². The Bertz CT molecular complexity index is 1050. The Morgan fingerprint density at radius 3 is 2.24 bits per heavy atom. The van der Waals surface area contributed by atoms with Gasteiger partial charge in [-0.05, 0) is 91.5 Å². The Kier molecular flexibility index (Phi) is 7.50. The van der Waals surface area contributed by atoms with E-state index < -0.39 is 23.8 Å². The molecule has 1 unspecified atom stereocenters. The fourth-order valence-electron chi connectivity index (χ4n) is 7.12. The first-order valence-electron chi connectivity index (χ1n) is 13.2. The lowest BCUT2D eigenvalue weighted by Crippen LogP contribution is -2.51. The van der Waals surface area contributed by atoms with Gasteiger partial charge in [-0.1, -0.05) is 24.3 Å². The third-order valence-electron chi connectivity index (χ3n) is 8.34. The summed E-state index contributed by atoms with van der Waals surface area (Å²) in [6, 6.07) is 11.4. The van der Waals surface area contributed by atoms with Crippen LogP contribution in [0.3, 0.4) is 0 Å². The molecule has 0 aromatic heterocycles. The number of ether oxygens (including phenoxy) is 1. The van der Waals surface area contributed by atoms with Crippen LogP contribution < -0.4 is 15.4 Å². The number of rotatable bonds is 10. The van der Waals surface area contributed by atoms with Crippen molar-refractivity contribution < 1.29 is 27.8 Å². The minimum Gasteiger partial charge on any atom is -0.490 e. The standard InChI is InChI=1S/C29H35F3N2O3/c30-29(31,32)23-7-5-19(6-8-23)15-34-27(36)25-3-1-2-4-26(25)37-17-24(35)16-33-18-28-12-20-9-21(13-28)11-22(10-20)14-28/h1-8,20-22,24,33,35H,9-18H2,(H,34,36). The molecule has 8 heteroatoms. The molecule has 0 heterocycles. The second-order valence-electron chi connectivity index (χ2n) is 11.4. The molecule has 0 radical (unpaired) electrons. The highest BCUT2D eigenvalue weighted by Gasteiger charge is 2.50. The molecule has 2 aromatic rings. The molecular weight excluding hydrogens is 481 g/mol. The van der Waals surface area contributed by atoms with Crippen molar-refractivity contribution >= 4 is 5.91 Å². The molecule has 200 valence electrons. The molecule has 0 saturated heterocycles. The average Bonchev–Trinajstić information content (AvgIpc) is 2.85. The number of alkyl halides is 3. The molecule has 4 bridgehead atoms. The van der Waals surface area contributed by atoms with Crippen molar-refractivity contribution in [2.24, 2.45) is 23.2 Å². The summed E-state index contributed by atoms with van der Waals surface area (Å²) in [4.78, 5) is 12.7. The molecule has 37 heavy (non-hydrogen) atoms. The molecule has 4 aliphatic carbocycles. The number of carbonyl (C=O) groups excluding carboxylic acids is 1. The molecule has 4 aliphatic rings. The van der Waals surface area contributed by atoms with Crippen LogP contribution in [0.15, 0.2) is 48.5 Å². The summed E-state index contributed by atoms with van der Waals surface area (Å²) in [6.45, 7) is 1.51. The molecule has 2 aromatic carbocycles. The third-order valence-corrected chi connectivity index (χ3v) is 8.34. The van der Waals surface area contributed by atoms with E-state index in [1.807, 2.05) is 0 Å². The lowest BCUT2D eigenvalue weighted by molar-refractivity contribution is -0.137. The van der Waals surface area contributed by atoms with Crippen molar-refractivity contribution in [2.45, 2.75) is 57.3 Å². The maximum absolute atomic E-state index is 12.7. The summed E-state index contributed by atoms with van der Waals surface area (Å²) in [5.41, 5.74) is 0.531. The van der Waals surface area contributed by atoms with E-state index in [0.29, 0.717) is 28.8 Å². The Morgan fingerprint density at radius 1 is 1.00 bits per heavy atom. The summed E-state index contributed by atoms with van der Waals surface area (Å²) < 4.78 is 44.0. The number of para-hydroxylation sites is 1. The normalized spacial score (nSPS) is 27.2. The van der Waals surface area contributed by atoms with Crippen molar-refractivity contribution in [3.63, 3.8) is 0 Å². The lowest BCUT2D eigenvalue weighted by atomic mass is 9.49. The van der Waals surface area contributed by atoms with Gasteiger partial charge >= 0.3 is 6.18 Å². The van der Waals surface area contributed by atoms with Gasteiger partial charge in [-0.2, -0.15) is 13.2 Å². The van der Waals surface area contributed by atoms with Crippen LogP contribution in [0.2, 0.25) is 0 Å². The van der Waals surface area contributed by atoms with E-state index in [0.717, 1.165) is 36.4 Å². The highest BCUT2D eigenvalue weighted by atomic mass is 19.4. The SMILES string of the molecule is O=C(NCc1ccc(C(F)(F)F)cc1)c1ccccc1OCC(O)CNCC12CC3CC(CC(C3)C1)C2. The average molecular weight is 517 g/mol. The number of benzene rings is 2. The summed E-state index contributed by atoms with van der Waals surface area (Å²) in [5, 5.41) is 16.7. The van der Waals surface area contributed by atoms with E-state index in [-0.39, 0.29) is 13.2 Å². The summed E-state index contributed by atoms with van der Waals surface area (Å²) >= 11 is 0. The Balaban J connectivity index is 1.08. The number of nitrogens with one attached hydrogen (secondary N) is 2. The number of hydrogen-bond acceptors (Lipinski definition) is 4. The largest absolute Gasteiger partial charge is 0.490 e. The first-order chi connectivity index (χ1) is 17.7. The number of amides is 1. The van der Waals surface area contributed by atoms with Gasteiger partial charge in [0.2, 0.25) is 0 Å². The van der Waals surface area contributed by atoms with Gasteiger partial charge in [0.1, 0.15) is 18.5 Å². The fraction of sp³-hybridized carbons (Fsp3) is 0.552. The number of aliphatic hydroxyl groups excluding tert-OH is 1. The molecule has 5 nitrogen and oxygen atoms in total. The second-order valence-corrected chi connectivity index (χ2v) is 11.4. The second kappa shape index (κ2) is 10.7. The van der Waals surface area contributed by atoms with Crippen molar-refractivity contribution in [1.82, 2.24) is 10.6 Å². The highest BCUT2D eigenvalue weighted by molar-refractivity contribution is 5.96. The molecule has 1 atom stereocenters. The van der Waals surface area contributed by atoms with Gasteiger partial charge < -0.3 is 20.5 Å². The van der Waals surface area contributed by atoms with Crippen LogP contribution in [-0.2, 0) is 12.7 Å². The van der Waals surface area contributed by atoms with Gasteiger partial charge in [0.05, 0.1) is 11.1 Å². The Labute approximate surface area is 215 Å². The van der Waals surface area contributed by atoms with Crippen LogP contribution >= 0.6 is 0 Å². The van der Waals surface area contributed by atoms with E-state index in [4.69, 9.17) is 4.74 Å². The number of aliphatic hydroxyl groups is 1. The van der Waals surface area contributed by atoms with Crippen molar-refractivity contribution in [1.29, 1.82) is 0 Å². The van der Waals surface area contributed by atoms with E-state index in [1.165, 1.54) is 50.7 Å². The van der Waals surface area contributed by atoms with Crippen LogP contribution in [0.1, 0.15) is 60.0 Å². The first kappa shape index (κ1) is 26.0. The van der Waals surface area contributed by atoms with Crippen LogP contribution in [0.25, 0.3) is 0 Å². The van der Waals surface area contributed by atoms with Gasteiger partial charge in [-0.3, -0.25) is 4.79 Å². The van der Waals surface area contributed by atoms with Gasteiger partial charge in [0, 0.05) is 19.6 Å². The molecule has 6 rings (SSSR count). The monoisotopic (exact) mass is 516 g/mol. The molecule has 4 fully saturated rings. The number of hydrogen-bond donors (Lipinski definition) is 3. The Hall–Kier alpha value is -2.58. The van der Waals surface area contributed by atoms with Crippen LogP contribution in [-0.4, -0.2) is 36.8 Å². The topological polar surface area (TPSA) is 70.6 Å². The van der Waals surface area contributed by atoms with Crippen molar-refractivity contribution in [2.75, 3.05) is 19.7 Å². The van der Waals surface area contributed by atoms with E-state index in [9.17, 15) is 23.1 Å². The molecule has 1 amide bonds. The van der Waals surface area contributed by atoms with Crippen molar-refractivity contribution in [3.05, 3.63) is 65.2 Å². The minimum atomic E-state index is -4.40. The van der Waals surface area contributed by atoms with Gasteiger partial charge in [-0.15, -0.1) is 0 Å². The minimum absolute atomic E-state index is 0.0527. The summed E-state index contributed by atoms with van der Waals surface area (Å²) in [7, 11) is 0. The van der Waals surface area contributed by atoms with Crippen molar-refractivity contribution in [3.8, 4) is 5.75 Å². The zero-order valence-corrected chi connectivity index (χ0v) is 20.9. The highest BCUT2D eigenvalue weighted by Crippen LogP contribution is 2.59. The summed E-state index contributed by atoms with van der Waals surface area (Å²) in [5.74, 6) is 2.63. The zero-order valence-electron chi connectivity index (χ0n) is 20.9. The van der Waals surface area contributed by atoms with E-state index >= 15 is 0 Å². The van der Waals surface area contributed by atoms with Crippen LogP contribution in [0.4, 0.5) is 13.2 Å². The smallest absolute Gasteiger partial charge is 0.416 e. The maximum Gasteiger partial charge on any atom is 0.416 e. The zero-order chi connectivity index (χ0) is 26.0. The maximum atomic E-state index is 12.7. The predicted octanol–water partition coefficient (Wildman–Crippen LogP) is 5.18. The molecule has 3 N–H and O–H groups in total. The predicted molar refractivity (Wildman–Crippen MR) is 134 cm³/mol. The van der Waals surface area contributed by atoms with Gasteiger partial charge in [-0.25, -0.2) is 0 Å². The molecule has 0 spiro atoms. The van der Waals surface area contributed by atoms with Gasteiger partial charge in [0.25, 0.3) is 5.91 Å². The van der Waals surface area contributed by atoms with Crippen LogP contribution in [0.5, 0.6) is 5.75 Å². The number of halogens is 3. The molecule has 0 aliphatic heterocycles. The molecular formula is C29H35F3N2O3. The lowest BCUT2D eigenvalue weighted by Gasteiger charge is -2.57. The Morgan fingerprint density at radius 2 is 1.62 bits per heavy atom. The summed E-state index contributed by atoms with van der Waals surface area (Å²) in [6.07, 6.45) is 3.06. The number of carbonyl (C=O) groups is 1. The first-order valence-corrected chi connectivity index (χ1v) is 13.2. The third kappa shape index (κ3) is 6.29. The van der Waals surface area contributed by atoms with E-state index in [2.05, 4.69) is 10.6 Å². The van der Waals surface area contributed by atoms with Crippen LogP contribution in [0, 0.1) is 23.2 Å². The quantitative estimate of drug-likeness (QED) is 0.407. The fourth-order valence-corrected chi connectivity index (χ4v) is 7.12.